The van der Waals surface area contributed by atoms with E-state index in [1.807, 2.05) is 0 Å². The van der Waals surface area contributed by atoms with Gasteiger partial charge >= 0.3 is 103 Å². The van der Waals surface area contributed by atoms with E-state index in [0.717, 1.165) is 5.32 Å². The molecule has 0 amide bonds. The van der Waals surface area contributed by atoms with Gasteiger partial charge < -0.3 is 0 Å². The first-order valence-corrected chi connectivity index (χ1v) is 6.72. The van der Waals surface area contributed by atoms with Crippen molar-refractivity contribution in [3.63, 3.8) is 0 Å². The standard InChI is InChI=1S/C15H12Se/c16-10-14-7-3-6-13-8-11-4-1-2-5-12(11)9-15(13)14/h1-9,16H,10H2. The molecule has 0 fully saturated rings. The van der Waals surface area contributed by atoms with Crippen LogP contribution in [0.15, 0.2) is 54.6 Å². The maximum absolute atomic E-state index is 2.66. The van der Waals surface area contributed by atoms with Crippen LogP contribution in [0.2, 0.25) is 0 Å². The van der Waals surface area contributed by atoms with Gasteiger partial charge in [0.1, 0.15) is 0 Å². The van der Waals surface area contributed by atoms with Crippen LogP contribution in [0.25, 0.3) is 21.5 Å². The molecule has 0 radical (unpaired) electrons. The molecule has 0 atom stereocenters. The zero-order chi connectivity index (χ0) is 11.0. The zero-order valence-corrected chi connectivity index (χ0v) is 10.7. The van der Waals surface area contributed by atoms with Gasteiger partial charge in [-0.05, 0) is 0 Å². The number of hydrogen-bond donors (Lipinski definition) is 0. The van der Waals surface area contributed by atoms with Crippen molar-refractivity contribution in [2.24, 2.45) is 0 Å². The van der Waals surface area contributed by atoms with Crippen molar-refractivity contribution in [1.29, 1.82) is 0 Å². The van der Waals surface area contributed by atoms with Gasteiger partial charge in [0.25, 0.3) is 0 Å². The third-order valence-corrected chi connectivity index (χ3v) is 3.72. The molecule has 1 heteroatoms. The SMILES string of the molecule is [SeH]Cc1cccc2cc3ccccc3cc12. The van der Waals surface area contributed by atoms with Gasteiger partial charge in [-0.3, -0.25) is 0 Å². The second kappa shape index (κ2) is 3.93. The van der Waals surface area contributed by atoms with Crippen molar-refractivity contribution in [1.82, 2.24) is 0 Å². The first kappa shape index (κ1) is 9.89. The van der Waals surface area contributed by atoms with E-state index >= 15 is 0 Å². The van der Waals surface area contributed by atoms with Crippen molar-refractivity contribution in [3.05, 3.63) is 60.2 Å². The molecule has 16 heavy (non-hydrogen) atoms. The fourth-order valence-corrected chi connectivity index (χ4v) is 2.75. The van der Waals surface area contributed by atoms with E-state index in [1.165, 1.54) is 27.1 Å². The van der Waals surface area contributed by atoms with Gasteiger partial charge in [-0.2, -0.15) is 0 Å². The summed E-state index contributed by atoms with van der Waals surface area (Å²) in [6.45, 7) is 0. The van der Waals surface area contributed by atoms with Crippen molar-refractivity contribution in [2.45, 2.75) is 5.32 Å². The van der Waals surface area contributed by atoms with Crippen LogP contribution in [-0.2, 0) is 5.32 Å². The molecule has 0 aromatic heterocycles. The summed E-state index contributed by atoms with van der Waals surface area (Å²) in [7, 11) is 0. The van der Waals surface area contributed by atoms with E-state index in [1.54, 1.807) is 0 Å². The van der Waals surface area contributed by atoms with E-state index in [-0.39, 0.29) is 0 Å². The summed E-state index contributed by atoms with van der Waals surface area (Å²) in [5.41, 5.74) is 1.41. The van der Waals surface area contributed by atoms with Gasteiger partial charge in [-0.25, -0.2) is 0 Å². The predicted molar refractivity (Wildman–Crippen MR) is 72.3 cm³/mol. The molecule has 0 bridgehead atoms. The van der Waals surface area contributed by atoms with E-state index in [2.05, 4.69) is 70.6 Å². The van der Waals surface area contributed by atoms with Crippen LogP contribution in [0.5, 0.6) is 0 Å². The first-order valence-electron chi connectivity index (χ1n) is 5.40. The summed E-state index contributed by atoms with van der Waals surface area (Å²) in [5, 5.41) is 6.38. The quantitative estimate of drug-likeness (QED) is 0.470. The monoisotopic (exact) mass is 272 g/mol. The Morgan fingerprint density at radius 2 is 1.44 bits per heavy atom. The van der Waals surface area contributed by atoms with Crippen molar-refractivity contribution < 1.29 is 0 Å². The molecule has 0 saturated heterocycles. The Labute approximate surface area is 103 Å². The van der Waals surface area contributed by atoms with Gasteiger partial charge in [0.2, 0.25) is 0 Å². The summed E-state index contributed by atoms with van der Waals surface area (Å²) in [6.07, 6.45) is 0. The van der Waals surface area contributed by atoms with Crippen LogP contribution < -0.4 is 0 Å². The first-order chi connectivity index (χ1) is 7.88. The molecule has 0 saturated carbocycles. The second-order valence-electron chi connectivity index (χ2n) is 4.00. The summed E-state index contributed by atoms with van der Waals surface area (Å²) in [4.78, 5) is 0. The molecular formula is C15H12Se. The molecule has 0 aliphatic rings. The van der Waals surface area contributed by atoms with Gasteiger partial charge in [-0.15, -0.1) is 0 Å². The molecule has 0 aliphatic carbocycles. The Bertz CT molecular complexity index is 656. The van der Waals surface area contributed by atoms with Crippen LogP contribution in [0.3, 0.4) is 0 Å². The van der Waals surface area contributed by atoms with Gasteiger partial charge in [0.05, 0.1) is 0 Å². The van der Waals surface area contributed by atoms with Crippen LogP contribution in [-0.4, -0.2) is 16.0 Å². The Balaban J connectivity index is 2.46. The van der Waals surface area contributed by atoms with Crippen molar-refractivity contribution in [3.8, 4) is 0 Å². The Morgan fingerprint density at radius 1 is 0.750 bits per heavy atom. The fraction of sp³-hybridized carbons (Fsp3) is 0.0667. The summed E-state index contributed by atoms with van der Waals surface area (Å²) >= 11 is 2.66. The Hall–Kier alpha value is -1.30. The summed E-state index contributed by atoms with van der Waals surface area (Å²) < 4.78 is 0. The number of fused-ring (bicyclic) bond motifs is 2. The van der Waals surface area contributed by atoms with Crippen LogP contribution >= 0.6 is 0 Å². The normalized spacial score (nSPS) is 11.1. The van der Waals surface area contributed by atoms with Crippen molar-refractivity contribution in [2.75, 3.05) is 0 Å². The Morgan fingerprint density at radius 3 is 2.19 bits per heavy atom. The molecule has 0 heterocycles. The molecule has 0 aliphatic heterocycles. The molecule has 3 aromatic rings. The van der Waals surface area contributed by atoms with Crippen molar-refractivity contribution >= 4 is 37.6 Å². The topological polar surface area (TPSA) is 0 Å². The molecule has 0 N–H and O–H groups in total. The third-order valence-electron chi connectivity index (χ3n) is 3.01. The number of benzene rings is 3. The second-order valence-corrected chi connectivity index (χ2v) is 4.66. The van der Waals surface area contributed by atoms with Crippen LogP contribution in [0.1, 0.15) is 5.56 Å². The van der Waals surface area contributed by atoms with Gasteiger partial charge in [0, 0.05) is 0 Å². The molecule has 3 rings (SSSR count). The Kier molecular flexibility index (Phi) is 2.43. The van der Waals surface area contributed by atoms with Crippen LogP contribution in [0.4, 0.5) is 0 Å². The van der Waals surface area contributed by atoms with E-state index in [4.69, 9.17) is 0 Å². The maximum atomic E-state index is 2.66. The summed E-state index contributed by atoms with van der Waals surface area (Å²) in [6, 6.07) is 19.6. The number of hydrogen-bond acceptors (Lipinski definition) is 0. The average molecular weight is 271 g/mol. The minimum atomic E-state index is 1.03. The molecular weight excluding hydrogens is 259 g/mol. The predicted octanol–water partition coefficient (Wildman–Crippen LogP) is 3.39. The summed E-state index contributed by atoms with van der Waals surface area (Å²) in [5.74, 6) is 0. The minimum absolute atomic E-state index is 1.03. The van der Waals surface area contributed by atoms with E-state index in [0.29, 0.717) is 0 Å². The molecule has 0 spiro atoms. The van der Waals surface area contributed by atoms with E-state index in [9.17, 15) is 0 Å². The van der Waals surface area contributed by atoms with Crippen LogP contribution in [0, 0.1) is 0 Å². The molecule has 3 aromatic carbocycles. The fourth-order valence-electron chi connectivity index (χ4n) is 2.17. The number of rotatable bonds is 1. The van der Waals surface area contributed by atoms with Gasteiger partial charge in [-0.1, -0.05) is 0 Å². The average Bonchev–Trinajstić information content (AvgIpc) is 2.35. The molecule has 78 valence electrons. The molecule has 0 nitrogen and oxygen atoms in total. The van der Waals surface area contributed by atoms with E-state index < -0.39 is 0 Å². The third kappa shape index (κ3) is 1.53. The van der Waals surface area contributed by atoms with Gasteiger partial charge in [0.15, 0.2) is 0 Å². The zero-order valence-electron chi connectivity index (χ0n) is 8.85. The molecule has 0 unspecified atom stereocenters.